The zero-order chi connectivity index (χ0) is 18.1. The number of carbonyl (C=O) groups is 1. The van der Waals surface area contributed by atoms with E-state index < -0.39 is 0 Å². The van der Waals surface area contributed by atoms with Crippen LogP contribution in [0.4, 0.5) is 5.69 Å². The quantitative estimate of drug-likeness (QED) is 0.506. The summed E-state index contributed by atoms with van der Waals surface area (Å²) in [5, 5.41) is 0.715. The van der Waals surface area contributed by atoms with Gasteiger partial charge in [0.2, 0.25) is 5.91 Å². The topological polar surface area (TPSA) is 20.3 Å². The highest BCUT2D eigenvalue weighted by atomic mass is 35.5. The molecule has 0 radical (unpaired) electrons. The molecular formula is C22H20ClNOS. The molecule has 3 aromatic rings. The summed E-state index contributed by atoms with van der Waals surface area (Å²) >= 11 is 7.75. The van der Waals surface area contributed by atoms with E-state index in [4.69, 9.17) is 11.6 Å². The van der Waals surface area contributed by atoms with Crippen molar-refractivity contribution in [1.82, 2.24) is 0 Å². The van der Waals surface area contributed by atoms with Gasteiger partial charge in [0.05, 0.1) is 12.2 Å². The van der Waals surface area contributed by atoms with Crippen LogP contribution in [0, 0.1) is 12.8 Å². The highest BCUT2D eigenvalue weighted by molar-refractivity contribution is 7.16. The van der Waals surface area contributed by atoms with Gasteiger partial charge >= 0.3 is 0 Å². The van der Waals surface area contributed by atoms with Crippen molar-refractivity contribution in [2.75, 3.05) is 4.90 Å². The van der Waals surface area contributed by atoms with E-state index in [1.807, 2.05) is 47.4 Å². The number of thiophene rings is 1. The van der Waals surface area contributed by atoms with Crippen molar-refractivity contribution in [3.63, 3.8) is 0 Å². The number of rotatable bonds is 5. The molecule has 0 atom stereocenters. The molecule has 0 saturated heterocycles. The molecule has 4 rings (SSSR count). The van der Waals surface area contributed by atoms with E-state index in [0.717, 1.165) is 24.1 Å². The highest BCUT2D eigenvalue weighted by Crippen LogP contribution is 2.40. The maximum atomic E-state index is 13.0. The van der Waals surface area contributed by atoms with Crippen LogP contribution in [-0.4, -0.2) is 5.91 Å². The number of benzene rings is 2. The molecule has 0 aliphatic heterocycles. The minimum atomic E-state index is 0.182. The van der Waals surface area contributed by atoms with Crippen LogP contribution < -0.4 is 4.90 Å². The maximum Gasteiger partial charge on any atom is 0.230 e. The van der Waals surface area contributed by atoms with Crippen molar-refractivity contribution < 1.29 is 4.79 Å². The Morgan fingerprint density at radius 3 is 2.46 bits per heavy atom. The van der Waals surface area contributed by atoms with Crippen LogP contribution in [0.3, 0.4) is 0 Å². The average molecular weight is 382 g/mol. The summed E-state index contributed by atoms with van der Waals surface area (Å²) in [5.41, 5.74) is 3.31. The van der Waals surface area contributed by atoms with E-state index in [-0.39, 0.29) is 11.8 Å². The van der Waals surface area contributed by atoms with Crippen molar-refractivity contribution >= 4 is 34.5 Å². The SMILES string of the molecule is Cc1sc(-c2ccccc2)cc1N(Cc1ccc(Cl)cc1)C(=O)C1CC1. The summed E-state index contributed by atoms with van der Waals surface area (Å²) in [6, 6.07) is 20.3. The fourth-order valence-corrected chi connectivity index (χ4v) is 4.24. The number of amides is 1. The van der Waals surface area contributed by atoms with Crippen LogP contribution in [0.1, 0.15) is 23.3 Å². The lowest BCUT2D eigenvalue weighted by atomic mass is 10.1. The minimum absolute atomic E-state index is 0.182. The Balaban J connectivity index is 1.68. The van der Waals surface area contributed by atoms with Gasteiger partial charge in [-0.3, -0.25) is 4.79 Å². The van der Waals surface area contributed by atoms with Crippen LogP contribution in [0.2, 0.25) is 5.02 Å². The molecule has 2 nitrogen and oxygen atoms in total. The maximum absolute atomic E-state index is 13.0. The van der Waals surface area contributed by atoms with Crippen molar-refractivity contribution in [2.45, 2.75) is 26.3 Å². The zero-order valence-electron chi connectivity index (χ0n) is 14.6. The van der Waals surface area contributed by atoms with Gasteiger partial charge in [-0.25, -0.2) is 0 Å². The highest BCUT2D eigenvalue weighted by Gasteiger charge is 2.35. The first-order valence-electron chi connectivity index (χ1n) is 8.83. The number of hydrogen-bond donors (Lipinski definition) is 0. The van der Waals surface area contributed by atoms with E-state index in [1.54, 1.807) is 11.3 Å². The summed E-state index contributed by atoms with van der Waals surface area (Å²) in [5.74, 6) is 0.419. The molecule has 0 unspecified atom stereocenters. The van der Waals surface area contributed by atoms with Crippen LogP contribution in [-0.2, 0) is 11.3 Å². The van der Waals surface area contributed by atoms with E-state index >= 15 is 0 Å². The lowest BCUT2D eigenvalue weighted by molar-refractivity contribution is -0.119. The molecule has 26 heavy (non-hydrogen) atoms. The largest absolute Gasteiger partial charge is 0.307 e. The summed E-state index contributed by atoms with van der Waals surface area (Å²) in [7, 11) is 0. The molecule has 1 aromatic heterocycles. The zero-order valence-corrected chi connectivity index (χ0v) is 16.2. The Hall–Kier alpha value is -2.10. The summed E-state index contributed by atoms with van der Waals surface area (Å²) in [4.78, 5) is 17.3. The lowest BCUT2D eigenvalue weighted by Crippen LogP contribution is -2.31. The normalized spacial score (nSPS) is 13.6. The number of carbonyl (C=O) groups excluding carboxylic acids is 1. The first-order chi connectivity index (χ1) is 12.6. The van der Waals surface area contributed by atoms with Gasteiger partial charge in [-0.05, 0) is 49.1 Å². The van der Waals surface area contributed by atoms with Gasteiger partial charge in [0, 0.05) is 20.7 Å². The Labute approximate surface area is 163 Å². The van der Waals surface area contributed by atoms with Gasteiger partial charge in [0.1, 0.15) is 0 Å². The van der Waals surface area contributed by atoms with E-state index in [9.17, 15) is 4.79 Å². The molecule has 0 spiro atoms. The Morgan fingerprint density at radius 1 is 1.12 bits per heavy atom. The molecule has 0 bridgehead atoms. The third-order valence-electron chi connectivity index (χ3n) is 4.69. The molecule has 132 valence electrons. The molecule has 4 heteroatoms. The summed E-state index contributed by atoms with van der Waals surface area (Å²) < 4.78 is 0. The minimum Gasteiger partial charge on any atom is -0.307 e. The van der Waals surface area contributed by atoms with Crippen LogP contribution in [0.25, 0.3) is 10.4 Å². The molecule has 2 aromatic carbocycles. The molecule has 1 aliphatic carbocycles. The third-order valence-corrected chi connectivity index (χ3v) is 6.03. The summed E-state index contributed by atoms with van der Waals surface area (Å²) in [6.07, 6.45) is 2.01. The van der Waals surface area contributed by atoms with Crippen LogP contribution in [0.15, 0.2) is 60.7 Å². The van der Waals surface area contributed by atoms with Gasteiger partial charge in [0.15, 0.2) is 0 Å². The molecule has 0 N–H and O–H groups in total. The predicted molar refractivity (Wildman–Crippen MR) is 110 cm³/mol. The number of aryl methyl sites for hydroxylation is 1. The molecule has 1 heterocycles. The van der Waals surface area contributed by atoms with Gasteiger partial charge in [0.25, 0.3) is 0 Å². The fourth-order valence-electron chi connectivity index (χ4n) is 3.09. The molecule has 1 fully saturated rings. The fraction of sp³-hybridized carbons (Fsp3) is 0.227. The third kappa shape index (κ3) is 3.69. The second-order valence-corrected chi connectivity index (χ2v) is 8.44. The molecule has 1 aliphatic rings. The van der Waals surface area contributed by atoms with Gasteiger partial charge < -0.3 is 4.90 Å². The second-order valence-electron chi connectivity index (χ2n) is 6.74. The molecule has 1 amide bonds. The Morgan fingerprint density at radius 2 is 1.81 bits per heavy atom. The number of halogens is 1. The van der Waals surface area contributed by atoms with Crippen molar-refractivity contribution in [3.8, 4) is 10.4 Å². The first kappa shape index (κ1) is 17.3. The van der Waals surface area contributed by atoms with E-state index in [2.05, 4.69) is 25.1 Å². The monoisotopic (exact) mass is 381 g/mol. The molecular weight excluding hydrogens is 362 g/mol. The lowest BCUT2D eigenvalue weighted by Gasteiger charge is -2.23. The Kier molecular flexibility index (Phi) is 4.84. The second kappa shape index (κ2) is 7.26. The first-order valence-corrected chi connectivity index (χ1v) is 10.0. The Bertz CT molecular complexity index is 913. The van der Waals surface area contributed by atoms with Crippen LogP contribution >= 0.6 is 22.9 Å². The number of hydrogen-bond acceptors (Lipinski definition) is 2. The summed E-state index contributed by atoms with van der Waals surface area (Å²) in [6.45, 7) is 2.68. The van der Waals surface area contributed by atoms with Gasteiger partial charge in [-0.15, -0.1) is 11.3 Å². The van der Waals surface area contributed by atoms with E-state index in [1.165, 1.54) is 15.3 Å². The van der Waals surface area contributed by atoms with Crippen molar-refractivity contribution in [1.29, 1.82) is 0 Å². The standard InChI is InChI=1S/C22H20ClNOS/c1-15-20(13-21(26-15)17-5-3-2-4-6-17)24(22(25)18-9-10-18)14-16-7-11-19(23)12-8-16/h2-8,11-13,18H,9-10,14H2,1H3. The average Bonchev–Trinajstić information content (AvgIpc) is 3.44. The molecule has 1 saturated carbocycles. The smallest absolute Gasteiger partial charge is 0.230 e. The van der Waals surface area contributed by atoms with Crippen molar-refractivity contribution in [2.24, 2.45) is 5.92 Å². The van der Waals surface area contributed by atoms with Gasteiger partial charge in [-0.2, -0.15) is 0 Å². The predicted octanol–water partition coefficient (Wildman–Crippen LogP) is 6.32. The van der Waals surface area contributed by atoms with E-state index in [0.29, 0.717) is 11.6 Å². The number of nitrogens with zero attached hydrogens (tertiary/aromatic N) is 1. The van der Waals surface area contributed by atoms with Crippen molar-refractivity contribution in [3.05, 3.63) is 76.1 Å². The van der Waals surface area contributed by atoms with Crippen LogP contribution in [0.5, 0.6) is 0 Å². The van der Waals surface area contributed by atoms with Gasteiger partial charge in [-0.1, -0.05) is 54.1 Å². The number of anilines is 1.